The zero-order valence-corrected chi connectivity index (χ0v) is 11.8. The molecule has 2 atom stereocenters. The van der Waals surface area contributed by atoms with Crippen molar-refractivity contribution in [2.75, 3.05) is 0 Å². The molecule has 2 unspecified atom stereocenters. The van der Waals surface area contributed by atoms with Gasteiger partial charge >= 0.3 is 5.97 Å². The first kappa shape index (κ1) is 15.6. The van der Waals surface area contributed by atoms with Crippen LogP contribution in [0.4, 0.5) is 0 Å². The fourth-order valence-corrected chi connectivity index (χ4v) is 2.81. The van der Waals surface area contributed by atoms with E-state index in [2.05, 4.69) is 14.7 Å². The first-order valence-electron chi connectivity index (χ1n) is 6.06. The summed E-state index contributed by atoms with van der Waals surface area (Å²) in [5, 5.41) is 8.76. The van der Waals surface area contributed by atoms with Crippen LogP contribution in [0.2, 0.25) is 0 Å². The maximum Gasteiger partial charge on any atom is 0.306 e. The highest BCUT2D eigenvalue weighted by atomic mass is 32.2. The third-order valence-corrected chi connectivity index (χ3v) is 4.33. The number of hydrogen-bond acceptors (Lipinski definition) is 4. The molecule has 108 valence electrons. The van der Waals surface area contributed by atoms with Crippen LogP contribution >= 0.6 is 0 Å². The van der Waals surface area contributed by atoms with E-state index in [0.29, 0.717) is 19.3 Å². The lowest BCUT2D eigenvalue weighted by atomic mass is 10.0. The van der Waals surface area contributed by atoms with Gasteiger partial charge in [0.05, 0.1) is 18.4 Å². The largest absolute Gasteiger partial charge is 0.481 e. The molecule has 0 aliphatic rings. The van der Waals surface area contributed by atoms with Crippen LogP contribution in [0, 0.1) is 5.92 Å². The van der Waals surface area contributed by atoms with Gasteiger partial charge in [0, 0.05) is 6.04 Å². The van der Waals surface area contributed by atoms with Crippen LogP contribution in [0.25, 0.3) is 0 Å². The Morgan fingerprint density at radius 3 is 2.68 bits per heavy atom. The molecular formula is C11H19N3O4S. The second-order valence-electron chi connectivity index (χ2n) is 4.61. The summed E-state index contributed by atoms with van der Waals surface area (Å²) in [4.78, 5) is 16.8. The van der Waals surface area contributed by atoms with Gasteiger partial charge in [-0.25, -0.2) is 18.1 Å². The highest BCUT2D eigenvalue weighted by Gasteiger charge is 2.19. The van der Waals surface area contributed by atoms with E-state index in [4.69, 9.17) is 5.11 Å². The van der Waals surface area contributed by atoms with Crippen molar-refractivity contribution >= 4 is 16.0 Å². The average molecular weight is 289 g/mol. The molecule has 0 radical (unpaired) electrons. The number of aromatic amines is 1. The Labute approximate surface area is 112 Å². The number of carbonyl (C=O) groups is 1. The van der Waals surface area contributed by atoms with E-state index in [1.165, 1.54) is 12.5 Å². The molecule has 3 N–H and O–H groups in total. The van der Waals surface area contributed by atoms with E-state index in [0.717, 1.165) is 0 Å². The zero-order chi connectivity index (χ0) is 14.5. The van der Waals surface area contributed by atoms with Crippen LogP contribution in [-0.4, -0.2) is 35.5 Å². The lowest BCUT2D eigenvalue weighted by Gasteiger charge is -2.13. The highest BCUT2D eigenvalue weighted by molar-refractivity contribution is 7.89. The van der Waals surface area contributed by atoms with E-state index in [1.54, 1.807) is 13.8 Å². The van der Waals surface area contributed by atoms with Crippen LogP contribution in [0.3, 0.4) is 0 Å². The first-order chi connectivity index (χ1) is 8.83. The Kier molecular flexibility index (Phi) is 5.49. The number of carboxylic acid groups (broad SMARTS) is 1. The minimum absolute atomic E-state index is 0.0262. The zero-order valence-electron chi connectivity index (χ0n) is 11.0. The van der Waals surface area contributed by atoms with E-state index in [9.17, 15) is 13.2 Å². The number of sulfonamides is 1. The van der Waals surface area contributed by atoms with Crippen molar-refractivity contribution in [3.05, 3.63) is 12.5 Å². The van der Waals surface area contributed by atoms with Crippen molar-refractivity contribution in [1.29, 1.82) is 0 Å². The molecule has 0 fully saturated rings. The molecule has 1 aromatic rings. The number of carboxylic acids is 1. The van der Waals surface area contributed by atoms with E-state index in [1.807, 2.05) is 0 Å². The summed E-state index contributed by atoms with van der Waals surface area (Å²) in [5.74, 6) is -1.23. The molecule has 0 amide bonds. The summed E-state index contributed by atoms with van der Waals surface area (Å²) in [6.07, 6.45) is 4.31. The molecule has 1 heterocycles. The van der Waals surface area contributed by atoms with Crippen LogP contribution < -0.4 is 4.72 Å². The van der Waals surface area contributed by atoms with Crippen molar-refractivity contribution in [3.8, 4) is 0 Å². The van der Waals surface area contributed by atoms with Gasteiger partial charge in [-0.1, -0.05) is 13.3 Å². The van der Waals surface area contributed by atoms with Gasteiger partial charge in [-0.15, -0.1) is 0 Å². The molecule has 0 aromatic carbocycles. The number of aromatic nitrogens is 2. The number of nitrogens with one attached hydrogen (secondary N) is 2. The van der Waals surface area contributed by atoms with Gasteiger partial charge in [-0.05, 0) is 19.8 Å². The summed E-state index contributed by atoms with van der Waals surface area (Å²) in [7, 11) is -3.57. The van der Waals surface area contributed by atoms with Gasteiger partial charge in [0.1, 0.15) is 0 Å². The molecule has 1 aromatic heterocycles. The van der Waals surface area contributed by atoms with Crippen molar-refractivity contribution < 1.29 is 18.3 Å². The molecule has 0 saturated heterocycles. The molecular weight excluding hydrogens is 270 g/mol. The smallest absolute Gasteiger partial charge is 0.306 e. The minimum atomic E-state index is -3.57. The van der Waals surface area contributed by atoms with Gasteiger partial charge in [0.2, 0.25) is 0 Å². The molecule has 7 nitrogen and oxygen atoms in total. The Balaban J connectivity index is 2.40. The topological polar surface area (TPSA) is 112 Å². The van der Waals surface area contributed by atoms with Crippen LogP contribution in [0.1, 0.15) is 33.1 Å². The van der Waals surface area contributed by atoms with Crippen molar-refractivity contribution in [1.82, 2.24) is 14.7 Å². The molecule has 0 spiro atoms. The number of aliphatic carboxylic acids is 1. The number of nitrogens with zero attached hydrogens (tertiary/aromatic N) is 1. The monoisotopic (exact) mass is 289 g/mol. The predicted octanol–water partition coefficient (Wildman–Crippen LogP) is 0.968. The number of imidazole rings is 1. The van der Waals surface area contributed by atoms with E-state index in [-0.39, 0.29) is 11.1 Å². The summed E-state index contributed by atoms with van der Waals surface area (Å²) >= 11 is 0. The van der Waals surface area contributed by atoms with Crippen LogP contribution in [-0.2, 0) is 14.8 Å². The molecule has 1 rings (SSSR count). The summed E-state index contributed by atoms with van der Waals surface area (Å²) in [6, 6.07) is -0.255. The third-order valence-electron chi connectivity index (χ3n) is 2.81. The Bertz CT molecular complexity index is 498. The SMILES string of the molecule is CC(CCCC(C)C(=O)O)NS(=O)(=O)c1cnc[nH]1. The van der Waals surface area contributed by atoms with Gasteiger partial charge in [-0.2, -0.15) is 0 Å². The first-order valence-corrected chi connectivity index (χ1v) is 7.54. The van der Waals surface area contributed by atoms with Crippen LogP contribution in [0.5, 0.6) is 0 Å². The Morgan fingerprint density at radius 2 is 2.16 bits per heavy atom. The third kappa shape index (κ3) is 4.99. The normalized spacial score (nSPS) is 15.1. The number of H-pyrrole nitrogens is 1. The quantitative estimate of drug-likeness (QED) is 0.660. The summed E-state index contributed by atoms with van der Waals surface area (Å²) < 4.78 is 26.2. The van der Waals surface area contributed by atoms with Crippen molar-refractivity contribution in [2.24, 2.45) is 5.92 Å². The molecule has 19 heavy (non-hydrogen) atoms. The highest BCUT2D eigenvalue weighted by Crippen LogP contribution is 2.11. The maximum atomic E-state index is 11.8. The summed E-state index contributed by atoms with van der Waals surface area (Å²) in [5.41, 5.74) is 0. The average Bonchev–Trinajstić information content (AvgIpc) is 2.81. The van der Waals surface area contributed by atoms with E-state index < -0.39 is 21.9 Å². The van der Waals surface area contributed by atoms with Crippen molar-refractivity contribution in [2.45, 2.75) is 44.2 Å². The Morgan fingerprint density at radius 1 is 1.47 bits per heavy atom. The fourth-order valence-electron chi connectivity index (χ4n) is 1.63. The molecule has 8 heteroatoms. The lowest BCUT2D eigenvalue weighted by Crippen LogP contribution is -2.32. The van der Waals surface area contributed by atoms with Gasteiger partial charge in [0.15, 0.2) is 5.03 Å². The van der Waals surface area contributed by atoms with Crippen LogP contribution in [0.15, 0.2) is 17.6 Å². The fraction of sp³-hybridized carbons (Fsp3) is 0.636. The maximum absolute atomic E-state index is 11.8. The standard InChI is InChI=1S/C11H19N3O4S/c1-8(11(15)16)4-3-5-9(2)14-19(17,18)10-6-12-7-13-10/h6-9,14H,3-5H2,1-2H3,(H,12,13)(H,15,16). The second kappa shape index (κ2) is 6.67. The lowest BCUT2D eigenvalue weighted by molar-refractivity contribution is -0.141. The number of rotatable bonds is 8. The molecule has 0 aliphatic heterocycles. The van der Waals surface area contributed by atoms with E-state index >= 15 is 0 Å². The van der Waals surface area contributed by atoms with Gasteiger partial charge in [-0.3, -0.25) is 4.79 Å². The molecule has 0 bridgehead atoms. The summed E-state index contributed by atoms with van der Waals surface area (Å²) in [6.45, 7) is 3.39. The minimum Gasteiger partial charge on any atom is -0.481 e. The van der Waals surface area contributed by atoms with Gasteiger partial charge in [0.25, 0.3) is 10.0 Å². The van der Waals surface area contributed by atoms with Gasteiger partial charge < -0.3 is 10.1 Å². The molecule has 0 saturated carbocycles. The predicted molar refractivity (Wildman–Crippen MR) is 69.0 cm³/mol. The Hall–Kier alpha value is -1.41. The second-order valence-corrected chi connectivity index (χ2v) is 6.29. The van der Waals surface area contributed by atoms with Crippen molar-refractivity contribution in [3.63, 3.8) is 0 Å². The number of hydrogen-bond donors (Lipinski definition) is 3. The molecule has 0 aliphatic carbocycles.